The molecular formula is C9H6N2O3. The number of carbonyl (C=O) groups is 1. The molecule has 2 heterocycles. The summed E-state index contributed by atoms with van der Waals surface area (Å²) in [6.07, 6.45) is 0.904. The third kappa shape index (κ3) is 0.953. The number of cyclic esters (lactones) is 1. The first-order chi connectivity index (χ1) is 6.83. The summed E-state index contributed by atoms with van der Waals surface area (Å²) in [6.45, 7) is 0. The summed E-state index contributed by atoms with van der Waals surface area (Å²) in [5, 5.41) is 7.16. The molecule has 5 heteroatoms. The molecule has 2 aromatic rings. The fourth-order valence-corrected chi connectivity index (χ4v) is 1.42. The number of ether oxygens (including phenoxy) is 1. The molecule has 1 aromatic carbocycles. The van der Waals surface area contributed by atoms with E-state index in [1.807, 2.05) is 12.1 Å². The smallest absolute Gasteiger partial charge is 0.412 e. The number of amides is 1. The van der Waals surface area contributed by atoms with Crippen LogP contribution < -0.4 is 5.32 Å². The molecule has 0 aliphatic carbocycles. The Balaban J connectivity index is 2.01. The number of fused-ring (bicyclic) bond motifs is 1. The maximum absolute atomic E-state index is 10.5. The Kier molecular flexibility index (Phi) is 1.30. The zero-order valence-electron chi connectivity index (χ0n) is 7.06. The van der Waals surface area contributed by atoms with Gasteiger partial charge in [-0.2, -0.15) is 0 Å². The number of aromatic nitrogens is 1. The predicted molar refractivity (Wildman–Crippen MR) is 46.4 cm³/mol. The fourth-order valence-electron chi connectivity index (χ4n) is 1.42. The van der Waals surface area contributed by atoms with E-state index in [4.69, 9.17) is 9.26 Å². The average Bonchev–Trinajstić information content (AvgIpc) is 2.59. The summed E-state index contributed by atoms with van der Waals surface area (Å²) in [5.74, 6) is 0. The summed E-state index contributed by atoms with van der Waals surface area (Å²) in [4.78, 5) is 10.5. The molecule has 70 valence electrons. The van der Waals surface area contributed by atoms with Crippen LogP contribution in [0.2, 0.25) is 0 Å². The van der Waals surface area contributed by atoms with Crippen LogP contribution >= 0.6 is 0 Å². The molecule has 1 aliphatic heterocycles. The summed E-state index contributed by atoms with van der Waals surface area (Å²) < 4.78 is 9.80. The lowest BCUT2D eigenvalue weighted by atomic mass is 10.1. The van der Waals surface area contributed by atoms with Crippen LogP contribution in [0.4, 0.5) is 4.79 Å². The van der Waals surface area contributed by atoms with Crippen molar-refractivity contribution in [2.75, 3.05) is 0 Å². The molecule has 14 heavy (non-hydrogen) atoms. The maximum Gasteiger partial charge on any atom is 0.412 e. The Bertz CT molecular complexity index is 497. The number of hydrogen-bond acceptors (Lipinski definition) is 4. The van der Waals surface area contributed by atoms with Gasteiger partial charge in [-0.3, -0.25) is 5.32 Å². The average molecular weight is 190 g/mol. The molecule has 1 fully saturated rings. The molecule has 0 spiro atoms. The molecule has 0 saturated carbocycles. The van der Waals surface area contributed by atoms with Gasteiger partial charge in [-0.25, -0.2) is 4.79 Å². The van der Waals surface area contributed by atoms with E-state index in [1.54, 1.807) is 12.3 Å². The second-order valence-electron chi connectivity index (χ2n) is 3.05. The first-order valence-electron chi connectivity index (χ1n) is 4.14. The van der Waals surface area contributed by atoms with Gasteiger partial charge in [0.1, 0.15) is 0 Å². The Morgan fingerprint density at radius 1 is 1.43 bits per heavy atom. The topological polar surface area (TPSA) is 64.4 Å². The molecule has 1 N–H and O–H groups in total. The molecule has 1 atom stereocenters. The summed E-state index contributed by atoms with van der Waals surface area (Å²) in [7, 11) is 0. The van der Waals surface area contributed by atoms with Crippen LogP contribution in [0.25, 0.3) is 11.0 Å². The molecule has 1 amide bonds. The van der Waals surface area contributed by atoms with Crippen molar-refractivity contribution in [2.24, 2.45) is 0 Å². The van der Waals surface area contributed by atoms with Crippen LogP contribution in [0.3, 0.4) is 0 Å². The highest BCUT2D eigenvalue weighted by atomic mass is 16.6. The van der Waals surface area contributed by atoms with E-state index in [2.05, 4.69) is 10.5 Å². The normalized spacial score (nSPS) is 20.0. The third-order valence-corrected chi connectivity index (χ3v) is 2.15. The van der Waals surface area contributed by atoms with Crippen LogP contribution in [0.15, 0.2) is 28.9 Å². The lowest BCUT2D eigenvalue weighted by Gasteiger charge is -2.27. The van der Waals surface area contributed by atoms with Crippen molar-refractivity contribution in [3.05, 3.63) is 30.0 Å². The Labute approximate surface area is 78.6 Å². The van der Waals surface area contributed by atoms with Gasteiger partial charge in [0.2, 0.25) is 6.23 Å². The van der Waals surface area contributed by atoms with Gasteiger partial charge in [0.25, 0.3) is 0 Å². The van der Waals surface area contributed by atoms with Crippen LogP contribution in [0.1, 0.15) is 11.8 Å². The molecule has 0 bridgehead atoms. The largest absolute Gasteiger partial charge is 0.421 e. The van der Waals surface area contributed by atoms with Gasteiger partial charge in [-0.15, -0.1) is 0 Å². The Morgan fingerprint density at radius 2 is 2.29 bits per heavy atom. The van der Waals surface area contributed by atoms with Crippen molar-refractivity contribution >= 4 is 17.1 Å². The number of rotatable bonds is 1. The first-order valence-corrected chi connectivity index (χ1v) is 4.14. The third-order valence-electron chi connectivity index (χ3n) is 2.15. The van der Waals surface area contributed by atoms with Gasteiger partial charge < -0.3 is 9.26 Å². The van der Waals surface area contributed by atoms with Crippen molar-refractivity contribution in [2.45, 2.75) is 6.23 Å². The second-order valence-corrected chi connectivity index (χ2v) is 3.05. The highest BCUT2D eigenvalue weighted by Gasteiger charge is 2.28. The fraction of sp³-hybridized carbons (Fsp3) is 0.111. The lowest BCUT2D eigenvalue weighted by molar-refractivity contribution is 0.0124. The van der Waals surface area contributed by atoms with Crippen LogP contribution in [-0.2, 0) is 4.74 Å². The number of nitrogens with one attached hydrogen (secondary N) is 1. The molecule has 0 radical (unpaired) electrons. The van der Waals surface area contributed by atoms with Gasteiger partial charge in [0.15, 0.2) is 5.58 Å². The zero-order valence-corrected chi connectivity index (χ0v) is 7.06. The van der Waals surface area contributed by atoms with Gasteiger partial charge in [0, 0.05) is 10.9 Å². The van der Waals surface area contributed by atoms with E-state index in [0.29, 0.717) is 0 Å². The van der Waals surface area contributed by atoms with Crippen molar-refractivity contribution in [1.29, 1.82) is 0 Å². The van der Waals surface area contributed by atoms with Gasteiger partial charge >= 0.3 is 6.09 Å². The number of nitrogens with zero attached hydrogens (tertiary/aromatic N) is 1. The maximum atomic E-state index is 10.5. The predicted octanol–water partition coefficient (Wildman–Crippen LogP) is 1.57. The second kappa shape index (κ2) is 2.47. The quantitative estimate of drug-likeness (QED) is 0.741. The summed E-state index contributed by atoms with van der Waals surface area (Å²) in [5.41, 5.74) is 1.61. The SMILES string of the molecule is O=C1NC(c2ccc3oncc3c2)O1. The van der Waals surface area contributed by atoms with E-state index >= 15 is 0 Å². The molecule has 1 aromatic heterocycles. The number of carbonyl (C=O) groups excluding carboxylic acids is 1. The molecular weight excluding hydrogens is 184 g/mol. The minimum Gasteiger partial charge on any atom is -0.421 e. The number of benzene rings is 1. The van der Waals surface area contributed by atoms with Crippen molar-refractivity contribution < 1.29 is 14.1 Å². The molecule has 1 saturated heterocycles. The van der Waals surface area contributed by atoms with Crippen LogP contribution in [-0.4, -0.2) is 11.2 Å². The van der Waals surface area contributed by atoms with Gasteiger partial charge in [-0.05, 0) is 18.2 Å². The minimum absolute atomic E-state index is 0.332. The van der Waals surface area contributed by atoms with E-state index in [-0.39, 0.29) is 12.3 Å². The van der Waals surface area contributed by atoms with Gasteiger partial charge in [-0.1, -0.05) is 5.16 Å². The Hall–Kier alpha value is -2.04. The van der Waals surface area contributed by atoms with Crippen molar-refractivity contribution in [3.8, 4) is 0 Å². The monoisotopic (exact) mass is 190 g/mol. The van der Waals surface area contributed by atoms with Crippen molar-refractivity contribution in [3.63, 3.8) is 0 Å². The molecule has 1 aliphatic rings. The highest BCUT2D eigenvalue weighted by Crippen LogP contribution is 2.24. The summed E-state index contributed by atoms with van der Waals surface area (Å²) >= 11 is 0. The molecule has 3 rings (SSSR count). The van der Waals surface area contributed by atoms with E-state index in [1.165, 1.54) is 0 Å². The van der Waals surface area contributed by atoms with Crippen LogP contribution in [0.5, 0.6) is 0 Å². The minimum atomic E-state index is -0.389. The zero-order chi connectivity index (χ0) is 9.54. The first kappa shape index (κ1) is 7.37. The highest BCUT2D eigenvalue weighted by molar-refractivity contribution is 5.78. The van der Waals surface area contributed by atoms with E-state index in [0.717, 1.165) is 16.5 Å². The van der Waals surface area contributed by atoms with Gasteiger partial charge in [0.05, 0.1) is 6.20 Å². The lowest BCUT2D eigenvalue weighted by Crippen LogP contribution is -2.43. The molecule has 1 unspecified atom stereocenters. The van der Waals surface area contributed by atoms with E-state index < -0.39 is 0 Å². The molecule has 5 nitrogen and oxygen atoms in total. The number of hydrogen-bond donors (Lipinski definition) is 1. The van der Waals surface area contributed by atoms with Crippen LogP contribution in [0, 0.1) is 0 Å². The van der Waals surface area contributed by atoms with E-state index in [9.17, 15) is 4.79 Å². The Morgan fingerprint density at radius 3 is 3.07 bits per heavy atom. The standard InChI is InChI=1S/C9H6N2O3/c12-9-11-8(13-9)5-1-2-7-6(3-5)4-10-14-7/h1-4,8H,(H,11,12). The summed E-state index contributed by atoms with van der Waals surface area (Å²) in [6, 6.07) is 5.50. The van der Waals surface area contributed by atoms with Crippen molar-refractivity contribution in [1.82, 2.24) is 10.5 Å².